The molecule has 2 aromatic carbocycles. The van der Waals surface area contributed by atoms with E-state index in [0.717, 1.165) is 16.5 Å². The fraction of sp³-hybridized carbons (Fsp3) is 0.435. The molecule has 1 N–H and O–H groups in total. The molecule has 0 radical (unpaired) electrons. The average Bonchev–Trinajstić information content (AvgIpc) is 2.66. The fourth-order valence-electron chi connectivity index (χ4n) is 3.53. The molecule has 1 atom stereocenters. The number of amides is 1. The van der Waals surface area contributed by atoms with Gasteiger partial charge in [0.25, 0.3) is 5.91 Å². The summed E-state index contributed by atoms with van der Waals surface area (Å²) in [5.74, 6) is 1.03. The lowest BCUT2D eigenvalue weighted by Crippen LogP contribution is -2.31. The van der Waals surface area contributed by atoms with E-state index < -0.39 is 0 Å². The van der Waals surface area contributed by atoms with Crippen LogP contribution in [0.4, 0.5) is 0 Å². The number of carbonyl (C=O) groups is 1. The maximum Gasteiger partial charge on any atom is 0.258 e. The van der Waals surface area contributed by atoms with Gasteiger partial charge in [0.1, 0.15) is 5.75 Å². The van der Waals surface area contributed by atoms with Gasteiger partial charge < -0.3 is 10.1 Å². The predicted octanol–water partition coefficient (Wildman–Crippen LogP) is 5.71. The number of rotatable bonds is 6. The summed E-state index contributed by atoms with van der Waals surface area (Å²) in [6.45, 7) is 6.33. The van der Waals surface area contributed by atoms with Crippen molar-refractivity contribution in [2.24, 2.45) is 0 Å². The Kier molecular flexibility index (Phi) is 6.59. The highest BCUT2D eigenvalue weighted by Gasteiger charge is 2.15. The van der Waals surface area contributed by atoms with Crippen LogP contribution in [0.25, 0.3) is 0 Å². The lowest BCUT2D eigenvalue weighted by Gasteiger charge is -2.20. The maximum atomic E-state index is 12.3. The quantitative estimate of drug-likeness (QED) is 0.638. The number of carbonyl (C=O) groups excluding carboxylic acids is 1. The Balaban J connectivity index is 1.56. The van der Waals surface area contributed by atoms with Crippen LogP contribution >= 0.6 is 15.9 Å². The number of benzene rings is 2. The SMILES string of the molecule is CC(C)c1ccc(OCC(=O)NC(C)c2ccc3c(c2)CCCC3)c(Br)c1. The van der Waals surface area contributed by atoms with Crippen LogP contribution in [-0.4, -0.2) is 12.5 Å². The minimum atomic E-state index is -0.111. The van der Waals surface area contributed by atoms with E-state index in [1.807, 2.05) is 25.1 Å². The Hall–Kier alpha value is -1.81. The summed E-state index contributed by atoms with van der Waals surface area (Å²) in [7, 11) is 0. The van der Waals surface area contributed by atoms with Crippen LogP contribution < -0.4 is 10.1 Å². The first-order valence-corrected chi connectivity index (χ1v) is 10.6. The highest BCUT2D eigenvalue weighted by Crippen LogP contribution is 2.29. The lowest BCUT2D eigenvalue weighted by atomic mass is 9.89. The second-order valence-corrected chi connectivity index (χ2v) is 8.51. The minimum absolute atomic E-state index is 0.00884. The summed E-state index contributed by atoms with van der Waals surface area (Å²) in [6, 6.07) is 12.6. The Bertz CT molecular complexity index is 816. The number of halogens is 1. The number of ether oxygens (including phenoxy) is 1. The molecule has 0 fully saturated rings. The zero-order chi connectivity index (χ0) is 19.4. The minimum Gasteiger partial charge on any atom is -0.483 e. The van der Waals surface area contributed by atoms with E-state index in [9.17, 15) is 4.79 Å². The Morgan fingerprint density at radius 2 is 1.74 bits per heavy atom. The van der Waals surface area contributed by atoms with Gasteiger partial charge in [0.05, 0.1) is 10.5 Å². The molecule has 1 unspecified atom stereocenters. The number of hydrogen-bond acceptors (Lipinski definition) is 2. The van der Waals surface area contributed by atoms with Crippen molar-refractivity contribution in [2.45, 2.75) is 58.4 Å². The van der Waals surface area contributed by atoms with Crippen LogP contribution in [0.5, 0.6) is 5.75 Å². The summed E-state index contributed by atoms with van der Waals surface area (Å²) in [5.41, 5.74) is 5.29. The molecule has 0 bridgehead atoms. The standard InChI is InChI=1S/C23H28BrNO2/c1-15(2)18-10-11-22(21(24)13-18)27-14-23(26)25-16(3)19-9-8-17-6-4-5-7-20(17)12-19/h8-13,15-16H,4-7,14H2,1-3H3,(H,25,26). The van der Waals surface area contributed by atoms with E-state index in [-0.39, 0.29) is 18.6 Å². The van der Waals surface area contributed by atoms with Crippen LogP contribution in [0.1, 0.15) is 67.8 Å². The molecule has 1 amide bonds. The predicted molar refractivity (Wildman–Crippen MR) is 113 cm³/mol. The van der Waals surface area contributed by atoms with Gasteiger partial charge in [-0.2, -0.15) is 0 Å². The molecular formula is C23H28BrNO2. The van der Waals surface area contributed by atoms with Gasteiger partial charge in [-0.15, -0.1) is 0 Å². The van der Waals surface area contributed by atoms with Crippen molar-refractivity contribution >= 4 is 21.8 Å². The molecule has 3 rings (SSSR count). The van der Waals surface area contributed by atoms with E-state index in [0.29, 0.717) is 11.7 Å². The first-order valence-electron chi connectivity index (χ1n) is 9.77. The van der Waals surface area contributed by atoms with Crippen molar-refractivity contribution in [3.05, 3.63) is 63.1 Å². The first kappa shape index (κ1) is 19.9. The number of nitrogens with one attached hydrogen (secondary N) is 1. The zero-order valence-electron chi connectivity index (χ0n) is 16.3. The Morgan fingerprint density at radius 1 is 1.04 bits per heavy atom. The van der Waals surface area contributed by atoms with Crippen molar-refractivity contribution in [1.29, 1.82) is 0 Å². The normalized spacial score (nSPS) is 14.6. The average molecular weight is 430 g/mol. The van der Waals surface area contributed by atoms with Crippen LogP contribution in [0.15, 0.2) is 40.9 Å². The third-order valence-electron chi connectivity index (χ3n) is 5.23. The third kappa shape index (κ3) is 5.13. The molecule has 0 aromatic heterocycles. The van der Waals surface area contributed by atoms with Gasteiger partial charge in [-0.25, -0.2) is 0 Å². The van der Waals surface area contributed by atoms with Crippen LogP contribution in [-0.2, 0) is 17.6 Å². The van der Waals surface area contributed by atoms with Crippen molar-refractivity contribution in [2.75, 3.05) is 6.61 Å². The van der Waals surface area contributed by atoms with Gasteiger partial charge in [-0.05, 0) is 88.8 Å². The third-order valence-corrected chi connectivity index (χ3v) is 5.85. The summed E-state index contributed by atoms with van der Waals surface area (Å²) in [4.78, 5) is 12.3. The van der Waals surface area contributed by atoms with E-state index >= 15 is 0 Å². The van der Waals surface area contributed by atoms with Crippen LogP contribution in [0, 0.1) is 0 Å². The summed E-state index contributed by atoms with van der Waals surface area (Å²) in [6.07, 6.45) is 4.86. The second-order valence-electron chi connectivity index (χ2n) is 7.66. The first-order chi connectivity index (χ1) is 12.9. The van der Waals surface area contributed by atoms with Crippen LogP contribution in [0.3, 0.4) is 0 Å². The van der Waals surface area contributed by atoms with E-state index in [1.165, 1.54) is 36.0 Å². The molecule has 0 saturated heterocycles. The van der Waals surface area contributed by atoms with E-state index in [4.69, 9.17) is 4.74 Å². The Labute approximate surface area is 170 Å². The monoisotopic (exact) mass is 429 g/mol. The molecule has 1 aliphatic rings. The summed E-state index contributed by atoms with van der Waals surface area (Å²) in [5, 5.41) is 3.04. The molecule has 2 aromatic rings. The highest BCUT2D eigenvalue weighted by atomic mass is 79.9. The molecule has 1 aliphatic carbocycles. The molecule has 27 heavy (non-hydrogen) atoms. The molecule has 0 heterocycles. The summed E-state index contributed by atoms with van der Waals surface area (Å²) < 4.78 is 6.58. The van der Waals surface area contributed by atoms with Gasteiger partial charge in [-0.1, -0.05) is 38.1 Å². The zero-order valence-corrected chi connectivity index (χ0v) is 17.9. The fourth-order valence-corrected chi connectivity index (χ4v) is 4.04. The van der Waals surface area contributed by atoms with E-state index in [2.05, 4.69) is 53.3 Å². The lowest BCUT2D eigenvalue weighted by molar-refractivity contribution is -0.123. The molecule has 3 nitrogen and oxygen atoms in total. The molecule has 0 aliphatic heterocycles. The van der Waals surface area contributed by atoms with Crippen molar-refractivity contribution in [3.63, 3.8) is 0 Å². The van der Waals surface area contributed by atoms with Crippen molar-refractivity contribution < 1.29 is 9.53 Å². The van der Waals surface area contributed by atoms with Gasteiger partial charge >= 0.3 is 0 Å². The Morgan fingerprint density at radius 3 is 2.44 bits per heavy atom. The number of aryl methyl sites for hydroxylation is 2. The largest absolute Gasteiger partial charge is 0.483 e. The molecule has 144 valence electrons. The topological polar surface area (TPSA) is 38.3 Å². The number of hydrogen-bond donors (Lipinski definition) is 1. The van der Waals surface area contributed by atoms with Gasteiger partial charge in [0, 0.05) is 0 Å². The second kappa shape index (κ2) is 8.92. The maximum absolute atomic E-state index is 12.3. The molecule has 0 spiro atoms. The highest BCUT2D eigenvalue weighted by molar-refractivity contribution is 9.10. The molecule has 0 saturated carbocycles. The van der Waals surface area contributed by atoms with Gasteiger partial charge in [0.15, 0.2) is 6.61 Å². The van der Waals surface area contributed by atoms with Gasteiger partial charge in [0.2, 0.25) is 0 Å². The van der Waals surface area contributed by atoms with Gasteiger partial charge in [-0.3, -0.25) is 4.79 Å². The van der Waals surface area contributed by atoms with Crippen LogP contribution in [0.2, 0.25) is 0 Å². The van der Waals surface area contributed by atoms with E-state index in [1.54, 1.807) is 0 Å². The smallest absolute Gasteiger partial charge is 0.258 e. The summed E-state index contributed by atoms with van der Waals surface area (Å²) >= 11 is 3.53. The van der Waals surface area contributed by atoms with Crippen molar-refractivity contribution in [3.8, 4) is 5.75 Å². The molecule has 4 heteroatoms. The number of fused-ring (bicyclic) bond motifs is 1. The molecular weight excluding hydrogens is 402 g/mol. The van der Waals surface area contributed by atoms with Crippen molar-refractivity contribution in [1.82, 2.24) is 5.32 Å².